The number of rotatable bonds is 2. The van der Waals surface area contributed by atoms with Crippen LogP contribution < -0.4 is 0 Å². The summed E-state index contributed by atoms with van der Waals surface area (Å²) in [6.07, 6.45) is -1.44. The van der Waals surface area contributed by atoms with Gasteiger partial charge in [0, 0.05) is 4.53 Å². The number of carbonyl (C=O) groups excluding carboxylic acids is 1. The van der Waals surface area contributed by atoms with Crippen LogP contribution in [0.15, 0.2) is 0 Å². The number of hydrogen-bond donors (Lipinski definition) is 0. The third-order valence-electron chi connectivity index (χ3n) is 0.372. The van der Waals surface area contributed by atoms with E-state index in [1.165, 1.54) is 0 Å². The summed E-state index contributed by atoms with van der Waals surface area (Å²) in [7, 11) is -4.82. The second-order valence-electron chi connectivity index (χ2n) is 0.993. The number of hydrogen-bond acceptors (Lipinski definition) is 7. The minimum absolute atomic E-state index is 0.694. The Morgan fingerprint density at radius 1 is 1.55 bits per heavy atom. The molecule has 0 saturated heterocycles. The van der Waals surface area contributed by atoms with Crippen LogP contribution >= 0.6 is 0 Å². The number of nitriles is 1. The Labute approximate surface area is 60.1 Å². The van der Waals surface area contributed by atoms with Crippen molar-refractivity contribution in [2.24, 2.45) is 0 Å². The van der Waals surface area contributed by atoms with Gasteiger partial charge in [-0.25, -0.2) is 4.94 Å². The molecule has 9 heteroatoms. The van der Waals surface area contributed by atoms with Crippen LogP contribution in [0.3, 0.4) is 0 Å². The summed E-state index contributed by atoms with van der Waals surface area (Å²) in [5.41, 5.74) is 0. The zero-order valence-corrected chi connectivity index (χ0v) is 5.50. The van der Waals surface area contributed by atoms with E-state index in [0.717, 1.165) is 0 Å². The van der Waals surface area contributed by atoms with Gasteiger partial charge in [-0.1, -0.05) is 0 Å². The molecule has 0 unspecified atom stereocenters. The summed E-state index contributed by atoms with van der Waals surface area (Å²) in [5, 5.41) is 7.61. The largest absolute Gasteiger partial charge is 0.563 e. The standard InChI is InChI=1S/C2FNO6S/c3-9-2(5)10-11(6,7)8-1-4. The summed E-state index contributed by atoms with van der Waals surface area (Å²) in [6, 6.07) is 0. The predicted octanol–water partition coefficient (Wildman–Crippen LogP) is -0.233. The molecule has 0 atom stereocenters. The van der Waals surface area contributed by atoms with Gasteiger partial charge in [-0.2, -0.15) is 4.79 Å². The molecule has 0 N–H and O–H groups in total. The Balaban J connectivity index is 4.17. The molecule has 0 fully saturated rings. The van der Waals surface area contributed by atoms with E-state index in [0.29, 0.717) is 6.26 Å². The molecule has 0 spiro atoms. The summed E-state index contributed by atoms with van der Waals surface area (Å²) >= 11 is 0. The van der Waals surface area contributed by atoms with Crippen LogP contribution in [-0.2, 0) is 23.7 Å². The van der Waals surface area contributed by atoms with Crippen LogP contribution in [0.4, 0.5) is 9.32 Å². The molecule has 0 aliphatic carbocycles. The van der Waals surface area contributed by atoms with Crippen molar-refractivity contribution in [2.45, 2.75) is 0 Å². The second kappa shape index (κ2) is 3.57. The average molecular weight is 185 g/mol. The van der Waals surface area contributed by atoms with Crippen molar-refractivity contribution in [1.82, 2.24) is 0 Å². The Bertz CT molecular complexity index is 275. The number of nitrogens with zero attached hydrogens (tertiary/aromatic N) is 1. The molecular weight excluding hydrogens is 185 g/mol. The Morgan fingerprint density at radius 2 is 2.09 bits per heavy atom. The predicted molar refractivity (Wildman–Crippen MR) is 24.3 cm³/mol. The molecule has 0 heterocycles. The maximum Gasteiger partial charge on any atom is 0.563 e. The molecule has 62 valence electrons. The third-order valence-corrected chi connectivity index (χ3v) is 0.991. The van der Waals surface area contributed by atoms with Crippen LogP contribution in [0.5, 0.6) is 0 Å². The minimum Gasteiger partial charge on any atom is -0.278 e. The fraction of sp³-hybridized carbons (Fsp3) is 0. The Kier molecular flexibility index (Phi) is 3.06. The highest BCUT2D eigenvalue weighted by Gasteiger charge is 2.20. The summed E-state index contributed by atoms with van der Waals surface area (Å²) in [6.45, 7) is 0. The maximum absolute atomic E-state index is 10.8. The lowest BCUT2D eigenvalue weighted by Crippen LogP contribution is -2.12. The van der Waals surface area contributed by atoms with Crippen molar-refractivity contribution in [3.63, 3.8) is 0 Å². The first-order valence-corrected chi connectivity index (χ1v) is 3.19. The van der Waals surface area contributed by atoms with Crippen LogP contribution in [0, 0.1) is 11.5 Å². The first-order chi connectivity index (χ1) is 5.02. The maximum atomic E-state index is 10.8. The van der Waals surface area contributed by atoms with Crippen molar-refractivity contribution < 1.29 is 31.0 Å². The van der Waals surface area contributed by atoms with Crippen molar-refractivity contribution in [3.8, 4) is 6.26 Å². The molecule has 0 amide bonds. The average Bonchev–Trinajstić information content (AvgIpc) is 1.86. The molecule has 7 nitrogen and oxygen atoms in total. The van der Waals surface area contributed by atoms with E-state index >= 15 is 0 Å². The van der Waals surface area contributed by atoms with E-state index in [4.69, 9.17) is 5.26 Å². The minimum atomic E-state index is -4.82. The molecule has 0 rings (SSSR count). The van der Waals surface area contributed by atoms with Gasteiger partial charge in [0.2, 0.25) is 0 Å². The van der Waals surface area contributed by atoms with E-state index in [2.05, 4.69) is 13.3 Å². The highest BCUT2D eigenvalue weighted by Crippen LogP contribution is 1.97. The van der Waals surface area contributed by atoms with Gasteiger partial charge < -0.3 is 0 Å². The van der Waals surface area contributed by atoms with E-state index in [-0.39, 0.29) is 0 Å². The molecular formula is C2FNO6S. The smallest absolute Gasteiger partial charge is 0.278 e. The molecule has 0 aliphatic rings. The second-order valence-corrected chi connectivity index (χ2v) is 2.14. The summed E-state index contributed by atoms with van der Waals surface area (Å²) in [4.78, 5) is 12.0. The van der Waals surface area contributed by atoms with Gasteiger partial charge in [0.1, 0.15) is 0 Å². The van der Waals surface area contributed by atoms with Gasteiger partial charge in [0.15, 0.2) is 0 Å². The first-order valence-electron chi connectivity index (χ1n) is 1.86. The number of carbonyl (C=O) groups is 1. The summed E-state index contributed by atoms with van der Waals surface area (Å²) < 4.78 is 37.2. The lowest BCUT2D eigenvalue weighted by Gasteiger charge is -1.94. The topological polar surface area (TPSA) is 103 Å². The normalized spacial score (nSPS) is 9.45. The SMILES string of the molecule is N#COS(=O)(=O)OC(=O)OF. The zero-order chi connectivity index (χ0) is 8.91. The van der Waals surface area contributed by atoms with Crippen molar-refractivity contribution in [2.75, 3.05) is 0 Å². The highest BCUT2D eigenvalue weighted by atomic mass is 32.3. The third kappa shape index (κ3) is 3.93. The molecule has 0 aromatic rings. The molecule has 11 heavy (non-hydrogen) atoms. The lowest BCUT2D eigenvalue weighted by atomic mass is 11.5. The molecule has 0 bridgehead atoms. The van der Waals surface area contributed by atoms with E-state index < -0.39 is 16.6 Å². The molecule has 0 radical (unpaired) electrons. The van der Waals surface area contributed by atoms with E-state index in [1.807, 2.05) is 0 Å². The van der Waals surface area contributed by atoms with Gasteiger partial charge in [0.25, 0.3) is 0 Å². The highest BCUT2D eigenvalue weighted by molar-refractivity contribution is 7.82. The van der Waals surface area contributed by atoms with Crippen LogP contribution in [-0.4, -0.2) is 14.6 Å². The fourth-order valence-corrected chi connectivity index (χ4v) is 0.477. The van der Waals surface area contributed by atoms with Gasteiger partial charge >= 0.3 is 22.8 Å². The Morgan fingerprint density at radius 3 is 2.45 bits per heavy atom. The molecule has 0 saturated carbocycles. The van der Waals surface area contributed by atoms with E-state index in [9.17, 15) is 17.7 Å². The zero-order valence-electron chi connectivity index (χ0n) is 4.68. The van der Waals surface area contributed by atoms with Crippen LogP contribution in [0.2, 0.25) is 0 Å². The number of halogens is 1. The van der Waals surface area contributed by atoms with Crippen molar-refractivity contribution >= 4 is 16.6 Å². The molecule has 0 aromatic carbocycles. The van der Waals surface area contributed by atoms with Gasteiger partial charge in [0.05, 0.1) is 0 Å². The molecule has 0 aliphatic heterocycles. The monoisotopic (exact) mass is 185 g/mol. The van der Waals surface area contributed by atoms with Gasteiger partial charge in [-0.15, -0.1) is 13.7 Å². The summed E-state index contributed by atoms with van der Waals surface area (Å²) in [5.74, 6) is 0. The van der Waals surface area contributed by atoms with Gasteiger partial charge in [-0.05, 0) is 0 Å². The lowest BCUT2D eigenvalue weighted by molar-refractivity contribution is -0.0844. The van der Waals surface area contributed by atoms with Gasteiger partial charge in [-0.3, -0.25) is 8.37 Å². The molecule has 0 aromatic heterocycles. The van der Waals surface area contributed by atoms with Crippen LogP contribution in [0.1, 0.15) is 0 Å². The van der Waals surface area contributed by atoms with E-state index in [1.54, 1.807) is 0 Å². The fourth-order valence-electron chi connectivity index (χ4n) is 0.159. The van der Waals surface area contributed by atoms with Crippen molar-refractivity contribution in [1.29, 1.82) is 5.26 Å². The van der Waals surface area contributed by atoms with Crippen LogP contribution in [0.25, 0.3) is 0 Å². The van der Waals surface area contributed by atoms with Crippen molar-refractivity contribution in [3.05, 3.63) is 0 Å². The quantitative estimate of drug-likeness (QED) is 0.547. The first kappa shape index (κ1) is 9.44. The Hall–Kier alpha value is -1.56.